The van der Waals surface area contributed by atoms with E-state index in [2.05, 4.69) is 42.5 Å². The van der Waals surface area contributed by atoms with E-state index in [9.17, 15) is 8.22 Å². The molecule has 0 bridgehead atoms. The highest BCUT2D eigenvalue weighted by atomic mass is 15.1. The van der Waals surface area contributed by atoms with Crippen molar-refractivity contribution in [1.82, 2.24) is 0 Å². The lowest BCUT2D eigenvalue weighted by molar-refractivity contribution is 1.28. The van der Waals surface area contributed by atoms with Gasteiger partial charge in [0.1, 0.15) is 0 Å². The molecule has 1 heteroatoms. The molecule has 0 N–H and O–H groups in total. The maximum Gasteiger partial charge on any atom is 0.0651 e. The maximum atomic E-state index is 9.82. The summed E-state index contributed by atoms with van der Waals surface area (Å²) < 4.78 is 75.6. The number of anilines is 3. The fourth-order valence-corrected chi connectivity index (χ4v) is 7.52. The van der Waals surface area contributed by atoms with Crippen molar-refractivity contribution in [3.05, 3.63) is 249 Å². The molecule has 10 aromatic rings. The van der Waals surface area contributed by atoms with Gasteiger partial charge in [-0.05, 0) is 138 Å². The van der Waals surface area contributed by atoms with E-state index in [1.54, 1.807) is 30.3 Å². The first-order valence-electron chi connectivity index (χ1n) is 23.6. The standard InChI is InChI=1S/C58H41N/c1-4-13-42(14-5-1)46-23-25-47(26-24-46)48-29-33-56(34-30-48)59(58-22-12-21-51(41-58)52-28-27-45-19-10-11-20-50(45)37-52)57-35-31-49(32-36-57)55-39-53(43-15-6-2-7-16-43)38-54(40-55)44-17-8-3-9-18-44/h1-41H/i12D,21D,22D,29D,30D,33D,34D,41D. The highest BCUT2D eigenvalue weighted by molar-refractivity contribution is 5.89. The number of fused-ring (bicyclic) bond motifs is 1. The monoisotopic (exact) mass is 759 g/mol. The molecule has 0 radical (unpaired) electrons. The molecule has 59 heavy (non-hydrogen) atoms. The van der Waals surface area contributed by atoms with E-state index < -0.39 is 12.1 Å². The van der Waals surface area contributed by atoms with E-state index in [1.165, 1.54) is 4.90 Å². The molecule has 0 fully saturated rings. The van der Waals surface area contributed by atoms with E-state index >= 15 is 0 Å². The average Bonchev–Trinajstić information content (AvgIpc) is 3.38. The summed E-state index contributed by atoms with van der Waals surface area (Å²) in [5.41, 5.74) is 9.11. The Hall–Kier alpha value is -7.74. The first-order chi connectivity index (χ1) is 32.6. The van der Waals surface area contributed by atoms with Gasteiger partial charge in [0.15, 0.2) is 0 Å². The van der Waals surface area contributed by atoms with Crippen LogP contribution in [0.4, 0.5) is 17.1 Å². The Labute approximate surface area is 358 Å². The lowest BCUT2D eigenvalue weighted by Crippen LogP contribution is -2.10. The number of benzene rings is 10. The lowest BCUT2D eigenvalue weighted by Gasteiger charge is -2.26. The first kappa shape index (κ1) is 27.8. The molecule has 0 saturated carbocycles. The molecule has 1 nitrogen and oxygen atoms in total. The molecule has 0 atom stereocenters. The SMILES string of the molecule is [2H]c1c([2H])c(-c2ccc3ccccc3c2)c([2H])c(N(c2ccc(-c3cc(-c4ccccc4)cc(-c4ccccc4)c3)cc2)c2c([2H])c([2H])c(-c3ccc(-c4ccccc4)cc3)c([2H])c2[2H])c1[2H]. The molecule has 10 rings (SSSR count). The van der Waals surface area contributed by atoms with Gasteiger partial charge in [-0.1, -0.05) is 188 Å². The second-order valence-corrected chi connectivity index (χ2v) is 14.4. The zero-order valence-corrected chi connectivity index (χ0v) is 32.0. The minimum absolute atomic E-state index is 0.109. The predicted molar refractivity (Wildman–Crippen MR) is 251 cm³/mol. The van der Waals surface area contributed by atoms with Crippen LogP contribution in [0.3, 0.4) is 0 Å². The second kappa shape index (κ2) is 16.0. The van der Waals surface area contributed by atoms with E-state index in [0.717, 1.165) is 55.3 Å². The Morgan fingerprint density at radius 1 is 0.254 bits per heavy atom. The Balaban J connectivity index is 1.17. The minimum atomic E-state index is -0.455. The molecular weight excluding hydrogens is 711 g/mol. The van der Waals surface area contributed by atoms with Crippen molar-refractivity contribution in [3.63, 3.8) is 0 Å². The van der Waals surface area contributed by atoms with E-state index in [4.69, 9.17) is 2.74 Å². The predicted octanol–water partition coefficient (Wildman–Crippen LogP) is 16.3. The zero-order chi connectivity index (χ0) is 46.3. The smallest absolute Gasteiger partial charge is 0.0651 e. The van der Waals surface area contributed by atoms with Crippen LogP contribution >= 0.6 is 0 Å². The third-order valence-corrected chi connectivity index (χ3v) is 10.6. The van der Waals surface area contributed by atoms with Gasteiger partial charge >= 0.3 is 0 Å². The minimum Gasteiger partial charge on any atom is -0.310 e. The Kier molecular flexibility index (Phi) is 7.54. The normalized spacial score (nSPS) is 12.9. The van der Waals surface area contributed by atoms with E-state index in [-0.39, 0.29) is 58.8 Å². The van der Waals surface area contributed by atoms with Gasteiger partial charge in [-0.3, -0.25) is 0 Å². The van der Waals surface area contributed by atoms with Crippen molar-refractivity contribution in [1.29, 1.82) is 0 Å². The second-order valence-electron chi connectivity index (χ2n) is 14.4. The summed E-state index contributed by atoms with van der Waals surface area (Å²) in [6, 6.07) is 61.7. The molecule has 0 unspecified atom stereocenters. The third kappa shape index (κ3) is 7.58. The van der Waals surface area contributed by atoms with Gasteiger partial charge in [-0.25, -0.2) is 0 Å². The highest BCUT2D eigenvalue weighted by Gasteiger charge is 2.16. The van der Waals surface area contributed by atoms with Crippen LogP contribution in [0.15, 0.2) is 249 Å². The number of nitrogens with zero attached hydrogens (tertiary/aromatic N) is 1. The van der Waals surface area contributed by atoms with Crippen LogP contribution in [0.5, 0.6) is 0 Å². The summed E-state index contributed by atoms with van der Waals surface area (Å²) in [7, 11) is 0. The molecule has 0 aliphatic rings. The highest BCUT2D eigenvalue weighted by Crippen LogP contribution is 2.40. The van der Waals surface area contributed by atoms with E-state index in [1.807, 2.05) is 127 Å². The molecule has 10 aromatic carbocycles. The number of hydrogen-bond donors (Lipinski definition) is 0. The van der Waals surface area contributed by atoms with E-state index in [0.29, 0.717) is 16.8 Å². The molecule has 278 valence electrons. The largest absolute Gasteiger partial charge is 0.310 e. The zero-order valence-electron chi connectivity index (χ0n) is 40.0. The van der Waals surface area contributed by atoms with Gasteiger partial charge in [-0.2, -0.15) is 0 Å². The molecule has 0 aliphatic carbocycles. The quantitative estimate of drug-likeness (QED) is 0.142. The van der Waals surface area contributed by atoms with Crippen molar-refractivity contribution >= 4 is 27.8 Å². The van der Waals surface area contributed by atoms with Gasteiger partial charge in [0.05, 0.1) is 11.0 Å². The molecule has 0 amide bonds. The lowest BCUT2D eigenvalue weighted by atomic mass is 9.93. The first-order valence-corrected chi connectivity index (χ1v) is 19.6. The van der Waals surface area contributed by atoms with Crippen LogP contribution in [0, 0.1) is 0 Å². The summed E-state index contributed by atoms with van der Waals surface area (Å²) in [5.74, 6) is 0. The summed E-state index contributed by atoms with van der Waals surface area (Å²) >= 11 is 0. The fourth-order valence-electron chi connectivity index (χ4n) is 7.52. The van der Waals surface area contributed by atoms with Crippen LogP contribution < -0.4 is 4.90 Å². The molecule has 0 heterocycles. The van der Waals surface area contributed by atoms with Crippen molar-refractivity contribution in [2.75, 3.05) is 4.90 Å². The van der Waals surface area contributed by atoms with Gasteiger partial charge in [-0.15, -0.1) is 0 Å². The third-order valence-electron chi connectivity index (χ3n) is 10.6. The maximum absolute atomic E-state index is 9.82. The molecule has 0 spiro atoms. The van der Waals surface area contributed by atoms with Gasteiger partial charge in [0.2, 0.25) is 0 Å². The van der Waals surface area contributed by atoms with Crippen LogP contribution in [-0.4, -0.2) is 0 Å². The van der Waals surface area contributed by atoms with Crippen LogP contribution in [0.2, 0.25) is 0 Å². The van der Waals surface area contributed by atoms with Crippen LogP contribution in [0.25, 0.3) is 77.5 Å². The number of rotatable bonds is 9. The molecular formula is C58H41N. The fraction of sp³-hybridized carbons (Fsp3) is 0. The molecule has 0 aromatic heterocycles. The Morgan fingerprint density at radius 3 is 1.27 bits per heavy atom. The summed E-state index contributed by atoms with van der Waals surface area (Å²) in [6.07, 6.45) is 0. The Bertz CT molecular complexity index is 3380. The van der Waals surface area contributed by atoms with Crippen molar-refractivity contribution in [2.24, 2.45) is 0 Å². The van der Waals surface area contributed by atoms with Gasteiger partial charge in [0.25, 0.3) is 0 Å². The summed E-state index contributed by atoms with van der Waals surface area (Å²) in [4.78, 5) is 1.40. The topological polar surface area (TPSA) is 3.24 Å². The number of hydrogen-bond acceptors (Lipinski definition) is 1. The Morgan fingerprint density at radius 2 is 0.695 bits per heavy atom. The van der Waals surface area contributed by atoms with Crippen LogP contribution in [0.1, 0.15) is 11.0 Å². The van der Waals surface area contributed by atoms with Crippen molar-refractivity contribution in [2.45, 2.75) is 0 Å². The van der Waals surface area contributed by atoms with Gasteiger partial charge in [0, 0.05) is 17.1 Å². The summed E-state index contributed by atoms with van der Waals surface area (Å²) in [6.45, 7) is 0. The van der Waals surface area contributed by atoms with Crippen molar-refractivity contribution < 1.29 is 11.0 Å². The van der Waals surface area contributed by atoms with Crippen molar-refractivity contribution in [3.8, 4) is 66.8 Å². The molecule has 0 saturated heterocycles. The van der Waals surface area contributed by atoms with Crippen LogP contribution in [-0.2, 0) is 0 Å². The average molecular weight is 760 g/mol. The molecule has 0 aliphatic heterocycles. The summed E-state index contributed by atoms with van der Waals surface area (Å²) in [5, 5.41) is 1.83. The van der Waals surface area contributed by atoms with Gasteiger partial charge < -0.3 is 4.90 Å².